The maximum atomic E-state index is 12.8. The summed E-state index contributed by atoms with van der Waals surface area (Å²) in [6.45, 7) is 2.51. The number of rotatable bonds is 5. The molecule has 0 aliphatic carbocycles. The zero-order chi connectivity index (χ0) is 17.8. The van der Waals surface area contributed by atoms with Gasteiger partial charge >= 0.3 is 0 Å². The number of carbonyl (C=O) groups is 1. The summed E-state index contributed by atoms with van der Waals surface area (Å²) in [4.78, 5) is 17.3. The van der Waals surface area contributed by atoms with E-state index in [9.17, 15) is 4.79 Å². The Labute approximate surface area is 147 Å². The Balaban J connectivity index is 1.94. The van der Waals surface area contributed by atoms with Gasteiger partial charge in [-0.15, -0.1) is 0 Å². The van der Waals surface area contributed by atoms with Crippen LogP contribution in [0, 0.1) is 0 Å². The van der Waals surface area contributed by atoms with E-state index in [2.05, 4.69) is 10.3 Å². The number of aromatic nitrogens is 2. The second-order valence-corrected chi connectivity index (χ2v) is 6.07. The van der Waals surface area contributed by atoms with Gasteiger partial charge in [-0.1, -0.05) is 12.1 Å². The first-order valence-electron chi connectivity index (χ1n) is 8.34. The quantitative estimate of drug-likeness (QED) is 0.908. The summed E-state index contributed by atoms with van der Waals surface area (Å²) in [5.74, 6) is 2.08. The lowest BCUT2D eigenvalue weighted by molar-refractivity contribution is -0.118. The average molecular weight is 341 g/mol. The van der Waals surface area contributed by atoms with Gasteiger partial charge in [-0.2, -0.15) is 0 Å². The van der Waals surface area contributed by atoms with E-state index >= 15 is 0 Å². The largest absolute Gasteiger partial charge is 0.498 e. The van der Waals surface area contributed by atoms with Crippen molar-refractivity contribution in [1.82, 2.24) is 14.9 Å². The molecule has 132 valence electrons. The maximum absolute atomic E-state index is 12.8. The Bertz CT molecular complexity index is 795. The summed E-state index contributed by atoms with van der Waals surface area (Å²) >= 11 is 0. The third-order valence-corrected chi connectivity index (χ3v) is 4.41. The molecule has 6 heteroatoms. The fourth-order valence-corrected chi connectivity index (χ4v) is 3.00. The van der Waals surface area contributed by atoms with Crippen molar-refractivity contribution in [2.24, 2.45) is 7.05 Å². The third kappa shape index (κ3) is 3.68. The Hall–Kier alpha value is -2.76. The van der Waals surface area contributed by atoms with Crippen molar-refractivity contribution >= 4 is 5.91 Å². The summed E-state index contributed by atoms with van der Waals surface area (Å²) in [5.41, 5.74) is 1.62. The molecule has 0 spiro atoms. The summed E-state index contributed by atoms with van der Waals surface area (Å²) < 4.78 is 12.8. The smallest absolute Gasteiger partial charge is 0.251 e. The molecule has 0 bridgehead atoms. The van der Waals surface area contributed by atoms with Gasteiger partial charge in [0.15, 0.2) is 0 Å². The van der Waals surface area contributed by atoms with Crippen LogP contribution in [0.2, 0.25) is 0 Å². The van der Waals surface area contributed by atoms with Crippen molar-refractivity contribution in [3.05, 3.63) is 59.4 Å². The molecule has 6 nitrogen and oxygen atoms in total. The van der Waals surface area contributed by atoms with E-state index in [-0.39, 0.29) is 11.9 Å². The van der Waals surface area contributed by atoms with Crippen molar-refractivity contribution in [3.63, 3.8) is 0 Å². The second-order valence-electron chi connectivity index (χ2n) is 6.07. The standard InChI is InChI=1S/C19H23N3O3/c1-13-16(8-5-11-25-13)19(23)21-17(18-20-9-10-22(18)2)14-6-4-7-15(12-14)24-3/h4,6-7,9-10,12,17H,5,8,11H2,1-3H3,(H,21,23). The average Bonchev–Trinajstić information content (AvgIpc) is 3.05. The van der Waals surface area contributed by atoms with Crippen LogP contribution in [0.15, 0.2) is 48.0 Å². The van der Waals surface area contributed by atoms with E-state index in [1.54, 1.807) is 13.3 Å². The Morgan fingerprint density at radius 1 is 1.44 bits per heavy atom. The maximum Gasteiger partial charge on any atom is 0.251 e. The molecule has 1 aromatic carbocycles. The van der Waals surface area contributed by atoms with Crippen LogP contribution in [-0.4, -0.2) is 29.2 Å². The minimum Gasteiger partial charge on any atom is -0.498 e. The first kappa shape index (κ1) is 17.1. The van der Waals surface area contributed by atoms with Crippen LogP contribution in [0.4, 0.5) is 0 Å². The number of methoxy groups -OCH3 is 1. The van der Waals surface area contributed by atoms with Crippen LogP contribution in [0.1, 0.15) is 37.2 Å². The van der Waals surface area contributed by atoms with Crippen LogP contribution >= 0.6 is 0 Å². The lowest BCUT2D eigenvalue weighted by Crippen LogP contribution is -2.33. The summed E-state index contributed by atoms with van der Waals surface area (Å²) in [7, 11) is 3.54. The number of nitrogens with zero attached hydrogens (tertiary/aromatic N) is 2. The Morgan fingerprint density at radius 2 is 2.28 bits per heavy atom. The number of nitrogens with one attached hydrogen (secondary N) is 1. The summed E-state index contributed by atoms with van der Waals surface area (Å²) in [6.07, 6.45) is 5.17. The van der Waals surface area contributed by atoms with Gasteiger partial charge in [0.1, 0.15) is 23.4 Å². The minimum absolute atomic E-state index is 0.118. The molecule has 1 aliphatic rings. The molecule has 0 saturated carbocycles. The van der Waals surface area contributed by atoms with Gasteiger partial charge in [0.2, 0.25) is 0 Å². The van der Waals surface area contributed by atoms with E-state index < -0.39 is 0 Å². The molecule has 1 aliphatic heterocycles. The van der Waals surface area contributed by atoms with Crippen molar-refractivity contribution in [3.8, 4) is 5.75 Å². The van der Waals surface area contributed by atoms with Gasteiger partial charge in [0.25, 0.3) is 5.91 Å². The number of imidazole rings is 1. The van der Waals surface area contributed by atoms with E-state index in [0.717, 1.165) is 30.0 Å². The highest BCUT2D eigenvalue weighted by molar-refractivity contribution is 5.94. The van der Waals surface area contributed by atoms with Gasteiger partial charge in [0.05, 0.1) is 19.3 Å². The third-order valence-electron chi connectivity index (χ3n) is 4.41. The fraction of sp³-hybridized carbons (Fsp3) is 0.368. The number of carbonyl (C=O) groups excluding carboxylic acids is 1. The number of hydrogen-bond acceptors (Lipinski definition) is 4. The normalized spacial score (nSPS) is 15.5. The van der Waals surface area contributed by atoms with Crippen molar-refractivity contribution in [2.45, 2.75) is 25.8 Å². The molecule has 1 unspecified atom stereocenters. The molecule has 0 saturated heterocycles. The highest BCUT2D eigenvalue weighted by atomic mass is 16.5. The number of allylic oxidation sites excluding steroid dienone is 1. The predicted molar refractivity (Wildman–Crippen MR) is 94.1 cm³/mol. The molecule has 25 heavy (non-hydrogen) atoms. The molecule has 3 rings (SSSR count). The molecule has 1 amide bonds. The van der Waals surface area contributed by atoms with Gasteiger partial charge < -0.3 is 19.4 Å². The second kappa shape index (κ2) is 7.42. The van der Waals surface area contributed by atoms with Crippen LogP contribution in [0.3, 0.4) is 0 Å². The first-order chi connectivity index (χ1) is 12.1. The highest BCUT2D eigenvalue weighted by Crippen LogP contribution is 2.26. The summed E-state index contributed by atoms with van der Waals surface area (Å²) in [6, 6.07) is 7.29. The van der Waals surface area contributed by atoms with Crippen LogP contribution in [0.5, 0.6) is 5.75 Å². The lowest BCUT2D eigenvalue weighted by Gasteiger charge is -2.23. The highest BCUT2D eigenvalue weighted by Gasteiger charge is 2.25. The lowest BCUT2D eigenvalue weighted by atomic mass is 10.0. The molecule has 1 aromatic heterocycles. The fourth-order valence-electron chi connectivity index (χ4n) is 3.00. The van der Waals surface area contributed by atoms with E-state index in [4.69, 9.17) is 9.47 Å². The predicted octanol–water partition coefficient (Wildman–Crippen LogP) is 2.72. The molecule has 0 fully saturated rings. The molecule has 0 radical (unpaired) electrons. The van der Waals surface area contributed by atoms with Crippen molar-refractivity contribution < 1.29 is 14.3 Å². The number of ether oxygens (including phenoxy) is 2. The number of benzene rings is 1. The molecule has 1 N–H and O–H groups in total. The molecule has 1 atom stereocenters. The molecular weight excluding hydrogens is 318 g/mol. The monoisotopic (exact) mass is 341 g/mol. The summed E-state index contributed by atoms with van der Waals surface area (Å²) in [5, 5.41) is 3.11. The van der Waals surface area contributed by atoms with Crippen molar-refractivity contribution in [2.75, 3.05) is 13.7 Å². The van der Waals surface area contributed by atoms with Gasteiger partial charge in [-0.05, 0) is 37.5 Å². The van der Waals surface area contributed by atoms with E-state index in [1.807, 2.05) is 49.0 Å². The zero-order valence-corrected chi connectivity index (χ0v) is 14.8. The Kier molecular flexibility index (Phi) is 5.07. The molecular formula is C19H23N3O3. The van der Waals surface area contributed by atoms with Crippen LogP contribution in [0.25, 0.3) is 0 Å². The zero-order valence-electron chi connectivity index (χ0n) is 14.8. The van der Waals surface area contributed by atoms with Crippen LogP contribution in [-0.2, 0) is 16.6 Å². The van der Waals surface area contributed by atoms with Gasteiger partial charge in [0, 0.05) is 19.4 Å². The van der Waals surface area contributed by atoms with Crippen LogP contribution < -0.4 is 10.1 Å². The minimum atomic E-state index is -0.371. The number of aryl methyl sites for hydroxylation is 1. The topological polar surface area (TPSA) is 65.4 Å². The SMILES string of the molecule is COc1cccc(C(NC(=O)C2=C(C)OCCC2)c2nccn2C)c1. The van der Waals surface area contributed by atoms with Gasteiger partial charge in [-0.3, -0.25) is 4.79 Å². The van der Waals surface area contributed by atoms with E-state index in [0.29, 0.717) is 17.9 Å². The van der Waals surface area contributed by atoms with Gasteiger partial charge in [-0.25, -0.2) is 4.98 Å². The number of amides is 1. The van der Waals surface area contributed by atoms with Crippen molar-refractivity contribution in [1.29, 1.82) is 0 Å². The molecule has 2 aromatic rings. The Morgan fingerprint density at radius 3 is 2.96 bits per heavy atom. The first-order valence-corrected chi connectivity index (χ1v) is 8.34. The van der Waals surface area contributed by atoms with E-state index in [1.165, 1.54) is 0 Å². The molecule has 2 heterocycles. The number of hydrogen-bond donors (Lipinski definition) is 1.